The van der Waals surface area contributed by atoms with E-state index >= 15 is 0 Å². The molecule has 1 unspecified atom stereocenters. The number of hydrogen-bond donors (Lipinski definition) is 0. The second-order valence-corrected chi connectivity index (χ2v) is 5.85. The third kappa shape index (κ3) is 3.89. The first-order chi connectivity index (χ1) is 9.10. The lowest BCUT2D eigenvalue weighted by Crippen LogP contribution is -2.05. The average Bonchev–Trinajstić information content (AvgIpc) is 2.41. The SMILES string of the molecule is Cc1ccc(C(CCl)Cc2cc(Cl)ccc2Cl)cc1. The highest BCUT2D eigenvalue weighted by Crippen LogP contribution is 2.28. The van der Waals surface area contributed by atoms with Crippen LogP contribution in [0.5, 0.6) is 0 Å². The summed E-state index contributed by atoms with van der Waals surface area (Å²) in [5, 5.41) is 1.45. The molecule has 0 aromatic heterocycles. The van der Waals surface area contributed by atoms with Gasteiger partial charge in [0, 0.05) is 21.8 Å². The van der Waals surface area contributed by atoms with Gasteiger partial charge in [-0.05, 0) is 42.7 Å². The second kappa shape index (κ2) is 6.65. The summed E-state index contributed by atoms with van der Waals surface area (Å²) < 4.78 is 0. The van der Waals surface area contributed by atoms with Crippen LogP contribution in [-0.4, -0.2) is 5.88 Å². The predicted octanol–water partition coefficient (Wildman–Crippen LogP) is 5.87. The van der Waals surface area contributed by atoms with Crippen LogP contribution in [0.25, 0.3) is 0 Å². The molecule has 100 valence electrons. The van der Waals surface area contributed by atoms with E-state index in [2.05, 4.69) is 31.2 Å². The van der Waals surface area contributed by atoms with Gasteiger partial charge >= 0.3 is 0 Å². The van der Waals surface area contributed by atoms with E-state index in [9.17, 15) is 0 Å². The van der Waals surface area contributed by atoms with Gasteiger partial charge < -0.3 is 0 Å². The molecule has 2 aromatic carbocycles. The van der Waals surface area contributed by atoms with E-state index in [1.165, 1.54) is 11.1 Å². The van der Waals surface area contributed by atoms with E-state index < -0.39 is 0 Å². The standard InChI is InChI=1S/C16H15Cl3/c1-11-2-4-12(5-3-11)14(10-17)8-13-9-15(18)6-7-16(13)19/h2-7,9,14H,8,10H2,1H3. The summed E-state index contributed by atoms with van der Waals surface area (Å²) in [6.07, 6.45) is 0.798. The minimum Gasteiger partial charge on any atom is -0.126 e. The van der Waals surface area contributed by atoms with Crippen molar-refractivity contribution in [2.45, 2.75) is 19.3 Å². The summed E-state index contributed by atoms with van der Waals surface area (Å²) in [4.78, 5) is 0. The molecular formula is C16H15Cl3. The highest BCUT2D eigenvalue weighted by molar-refractivity contribution is 6.33. The van der Waals surface area contributed by atoms with E-state index in [0.717, 1.165) is 17.0 Å². The summed E-state index contributed by atoms with van der Waals surface area (Å²) in [6.45, 7) is 2.08. The van der Waals surface area contributed by atoms with Gasteiger partial charge in [0.25, 0.3) is 0 Å². The molecular weight excluding hydrogens is 299 g/mol. The molecule has 19 heavy (non-hydrogen) atoms. The molecule has 0 nitrogen and oxygen atoms in total. The zero-order valence-corrected chi connectivity index (χ0v) is 12.9. The van der Waals surface area contributed by atoms with Crippen LogP contribution in [0.15, 0.2) is 42.5 Å². The first-order valence-electron chi connectivity index (χ1n) is 6.16. The van der Waals surface area contributed by atoms with Crippen LogP contribution in [0.1, 0.15) is 22.6 Å². The van der Waals surface area contributed by atoms with Gasteiger partial charge in [-0.2, -0.15) is 0 Å². The molecule has 0 radical (unpaired) electrons. The minimum atomic E-state index is 0.248. The van der Waals surface area contributed by atoms with Crippen molar-refractivity contribution in [3.8, 4) is 0 Å². The van der Waals surface area contributed by atoms with Gasteiger partial charge in [0.1, 0.15) is 0 Å². The van der Waals surface area contributed by atoms with Crippen molar-refractivity contribution in [2.75, 3.05) is 5.88 Å². The molecule has 2 rings (SSSR count). The number of aryl methyl sites for hydroxylation is 1. The first-order valence-corrected chi connectivity index (χ1v) is 7.45. The smallest absolute Gasteiger partial charge is 0.0439 e. The molecule has 0 spiro atoms. The van der Waals surface area contributed by atoms with Crippen LogP contribution < -0.4 is 0 Å². The fraction of sp³-hybridized carbons (Fsp3) is 0.250. The molecule has 3 heteroatoms. The Labute approximate surface area is 129 Å². The summed E-state index contributed by atoms with van der Waals surface area (Å²) in [5.41, 5.74) is 3.52. The summed E-state index contributed by atoms with van der Waals surface area (Å²) >= 11 is 18.3. The van der Waals surface area contributed by atoms with Gasteiger partial charge in [-0.15, -0.1) is 11.6 Å². The zero-order chi connectivity index (χ0) is 13.8. The van der Waals surface area contributed by atoms with E-state index in [1.807, 2.05) is 12.1 Å². The maximum Gasteiger partial charge on any atom is 0.0439 e. The Morgan fingerprint density at radius 1 is 1.00 bits per heavy atom. The lowest BCUT2D eigenvalue weighted by molar-refractivity contribution is 0.766. The summed E-state index contributed by atoms with van der Waals surface area (Å²) in [6, 6.07) is 14.0. The number of halogens is 3. The molecule has 0 aliphatic carbocycles. The first kappa shape index (κ1) is 14.7. The molecule has 0 amide bonds. The van der Waals surface area contributed by atoms with Crippen molar-refractivity contribution < 1.29 is 0 Å². The molecule has 0 heterocycles. The zero-order valence-electron chi connectivity index (χ0n) is 10.7. The Hall–Kier alpha value is -0.690. The monoisotopic (exact) mass is 312 g/mol. The quantitative estimate of drug-likeness (QED) is 0.619. The van der Waals surface area contributed by atoms with Crippen molar-refractivity contribution in [1.29, 1.82) is 0 Å². The van der Waals surface area contributed by atoms with E-state index in [0.29, 0.717) is 10.9 Å². The van der Waals surface area contributed by atoms with Crippen molar-refractivity contribution >= 4 is 34.8 Å². The Kier molecular flexibility index (Phi) is 5.15. The van der Waals surface area contributed by atoms with E-state index in [4.69, 9.17) is 34.8 Å². The maximum atomic E-state index is 6.21. The van der Waals surface area contributed by atoms with Gasteiger partial charge in [-0.3, -0.25) is 0 Å². The summed E-state index contributed by atoms with van der Waals surface area (Å²) in [7, 11) is 0. The van der Waals surface area contributed by atoms with Crippen molar-refractivity contribution in [2.24, 2.45) is 0 Å². The Morgan fingerprint density at radius 3 is 2.32 bits per heavy atom. The highest BCUT2D eigenvalue weighted by atomic mass is 35.5. The minimum absolute atomic E-state index is 0.248. The van der Waals surface area contributed by atoms with Crippen LogP contribution in [0.4, 0.5) is 0 Å². The molecule has 1 atom stereocenters. The van der Waals surface area contributed by atoms with Gasteiger partial charge in [0.15, 0.2) is 0 Å². The van der Waals surface area contributed by atoms with Crippen molar-refractivity contribution in [3.05, 3.63) is 69.2 Å². The molecule has 0 aliphatic rings. The number of alkyl halides is 1. The second-order valence-electron chi connectivity index (χ2n) is 4.70. The lowest BCUT2D eigenvalue weighted by atomic mass is 9.93. The van der Waals surface area contributed by atoms with Crippen LogP contribution in [0.3, 0.4) is 0 Å². The van der Waals surface area contributed by atoms with E-state index in [1.54, 1.807) is 6.07 Å². The van der Waals surface area contributed by atoms with Crippen LogP contribution in [0.2, 0.25) is 10.0 Å². The lowest BCUT2D eigenvalue weighted by Gasteiger charge is -2.16. The third-order valence-electron chi connectivity index (χ3n) is 3.21. The predicted molar refractivity (Wildman–Crippen MR) is 84.8 cm³/mol. The molecule has 0 saturated carbocycles. The fourth-order valence-corrected chi connectivity index (χ4v) is 2.74. The third-order valence-corrected chi connectivity index (χ3v) is 4.19. The fourth-order valence-electron chi connectivity index (χ4n) is 2.07. The van der Waals surface area contributed by atoms with Gasteiger partial charge in [-0.1, -0.05) is 53.0 Å². The van der Waals surface area contributed by atoms with Crippen LogP contribution in [0, 0.1) is 6.92 Å². The number of hydrogen-bond acceptors (Lipinski definition) is 0. The summed E-state index contributed by atoms with van der Waals surface area (Å²) in [5.74, 6) is 0.810. The molecule has 2 aromatic rings. The number of benzene rings is 2. The van der Waals surface area contributed by atoms with E-state index in [-0.39, 0.29) is 5.92 Å². The molecule has 0 bridgehead atoms. The van der Waals surface area contributed by atoms with Gasteiger partial charge in [0.2, 0.25) is 0 Å². The topological polar surface area (TPSA) is 0 Å². The largest absolute Gasteiger partial charge is 0.126 e. The van der Waals surface area contributed by atoms with Crippen LogP contribution >= 0.6 is 34.8 Å². The van der Waals surface area contributed by atoms with Crippen LogP contribution in [-0.2, 0) is 6.42 Å². The molecule has 0 aliphatic heterocycles. The number of rotatable bonds is 4. The Morgan fingerprint density at radius 2 is 1.68 bits per heavy atom. The Balaban J connectivity index is 2.23. The van der Waals surface area contributed by atoms with Gasteiger partial charge in [0.05, 0.1) is 0 Å². The maximum absolute atomic E-state index is 6.21. The molecule has 0 N–H and O–H groups in total. The van der Waals surface area contributed by atoms with Crippen molar-refractivity contribution in [1.82, 2.24) is 0 Å². The highest BCUT2D eigenvalue weighted by Gasteiger charge is 2.13. The normalized spacial score (nSPS) is 12.4. The average molecular weight is 314 g/mol. The van der Waals surface area contributed by atoms with Crippen molar-refractivity contribution in [3.63, 3.8) is 0 Å². The molecule has 0 fully saturated rings. The van der Waals surface area contributed by atoms with Gasteiger partial charge in [-0.25, -0.2) is 0 Å². The Bertz CT molecular complexity index is 546. The molecule has 0 saturated heterocycles.